The van der Waals surface area contributed by atoms with Gasteiger partial charge in [-0.15, -0.1) is 0 Å². The molecule has 0 saturated carbocycles. The van der Waals surface area contributed by atoms with Crippen molar-refractivity contribution in [3.63, 3.8) is 0 Å². The number of hydrogen-bond acceptors (Lipinski definition) is 4. The van der Waals surface area contributed by atoms with Crippen LogP contribution in [0.25, 0.3) is 0 Å². The molecule has 35 heavy (non-hydrogen) atoms. The van der Waals surface area contributed by atoms with Crippen molar-refractivity contribution in [3.8, 4) is 0 Å². The summed E-state index contributed by atoms with van der Waals surface area (Å²) in [6.45, 7) is 12.6. The highest BCUT2D eigenvalue weighted by molar-refractivity contribution is 5.80. The minimum absolute atomic E-state index is 0.0869. The van der Waals surface area contributed by atoms with Crippen molar-refractivity contribution < 1.29 is 19.1 Å². The minimum atomic E-state index is -0.484. The molecule has 2 aliphatic rings. The van der Waals surface area contributed by atoms with Gasteiger partial charge in [0.15, 0.2) is 0 Å². The topological polar surface area (TPSA) is 62.5 Å². The van der Waals surface area contributed by atoms with Gasteiger partial charge in [-0.25, -0.2) is 0 Å². The first kappa shape index (κ1) is 26.6. The van der Waals surface area contributed by atoms with E-state index < -0.39 is 5.41 Å². The molecular weight excluding hydrogens is 440 g/mol. The average Bonchev–Trinajstić information content (AvgIpc) is 3.61. The third-order valence-corrected chi connectivity index (χ3v) is 7.64. The van der Waals surface area contributed by atoms with Gasteiger partial charge in [0.05, 0.1) is 37.6 Å². The fourth-order valence-electron chi connectivity index (χ4n) is 5.55. The maximum Gasteiger partial charge on any atom is 0.316 e. The lowest BCUT2D eigenvalue weighted by Crippen LogP contribution is -2.35. The molecule has 2 aliphatic carbocycles. The van der Waals surface area contributed by atoms with Crippen LogP contribution < -0.4 is 0 Å². The molecule has 190 valence electrons. The highest BCUT2D eigenvalue weighted by atomic mass is 16.5. The highest BCUT2D eigenvalue weighted by Crippen LogP contribution is 2.45. The quantitative estimate of drug-likeness (QED) is 0.400. The van der Waals surface area contributed by atoms with Crippen molar-refractivity contribution in [1.29, 1.82) is 0 Å². The van der Waals surface area contributed by atoms with E-state index in [2.05, 4.69) is 87.1 Å². The molecule has 4 atom stereocenters. The minimum Gasteiger partial charge on any atom is -0.469 e. The average molecular weight is 481 g/mol. The summed E-state index contributed by atoms with van der Waals surface area (Å²) in [6.07, 6.45) is 9.84. The van der Waals surface area contributed by atoms with Crippen molar-refractivity contribution in [2.24, 2.45) is 17.3 Å². The van der Waals surface area contributed by atoms with Crippen LogP contribution in [0.4, 0.5) is 0 Å². The van der Waals surface area contributed by atoms with Crippen LogP contribution in [0.5, 0.6) is 0 Å². The molecule has 6 heteroatoms. The number of carbonyl (C=O) groups excluding carboxylic acids is 2. The first-order chi connectivity index (χ1) is 16.5. The molecule has 2 aromatic rings. The number of methoxy groups -OCH3 is 2. The number of allylic oxidation sites excluding steroid dienone is 2. The lowest BCUT2D eigenvalue weighted by molar-refractivity contribution is -0.152. The Morgan fingerprint density at radius 3 is 1.80 bits per heavy atom. The van der Waals surface area contributed by atoms with Crippen LogP contribution in [0, 0.1) is 44.9 Å². The lowest BCUT2D eigenvalue weighted by atomic mass is 9.76. The van der Waals surface area contributed by atoms with Crippen LogP contribution in [0.3, 0.4) is 0 Å². The molecule has 6 nitrogen and oxygen atoms in total. The van der Waals surface area contributed by atoms with E-state index in [1.165, 1.54) is 37.0 Å². The first-order valence-corrected chi connectivity index (χ1v) is 12.4. The summed E-state index contributed by atoms with van der Waals surface area (Å²) < 4.78 is 14.3. The predicted molar refractivity (Wildman–Crippen MR) is 138 cm³/mol. The number of rotatable bonds is 5. The SMILES string of the molecule is COC(=O)[C@@]1(C(C)C)C=C[C@@H](n2c(C)ccc2C)C1.COC(=O)[C@H]1C=C[C@@H](n2c(C)ccc2C)C1. The molecule has 2 aromatic heterocycles. The fraction of sp³-hybridized carbons (Fsp3) is 0.517. The molecule has 4 rings (SSSR count). The number of aryl methyl sites for hydroxylation is 4. The third-order valence-electron chi connectivity index (χ3n) is 7.64. The Morgan fingerprint density at radius 2 is 1.34 bits per heavy atom. The molecule has 0 aromatic carbocycles. The Hall–Kier alpha value is -3.02. The van der Waals surface area contributed by atoms with Crippen LogP contribution in [-0.4, -0.2) is 35.3 Å². The van der Waals surface area contributed by atoms with Gasteiger partial charge in [-0.05, 0) is 70.7 Å². The predicted octanol–water partition coefficient (Wildman–Crippen LogP) is 5.82. The Labute approximate surface area is 209 Å². The number of hydrogen-bond donors (Lipinski definition) is 0. The molecule has 0 bridgehead atoms. The second-order valence-electron chi connectivity index (χ2n) is 10.1. The van der Waals surface area contributed by atoms with Crippen LogP contribution >= 0.6 is 0 Å². The van der Waals surface area contributed by atoms with Gasteiger partial charge >= 0.3 is 11.9 Å². The van der Waals surface area contributed by atoms with Crippen molar-refractivity contribution in [2.45, 2.75) is 66.5 Å². The highest BCUT2D eigenvalue weighted by Gasteiger charge is 2.45. The van der Waals surface area contributed by atoms with Crippen LogP contribution in [0.15, 0.2) is 48.6 Å². The summed E-state index contributed by atoms with van der Waals surface area (Å²) in [5.74, 6) is -0.113. The Balaban J connectivity index is 0.000000198. The second kappa shape index (κ2) is 10.7. The van der Waals surface area contributed by atoms with Crippen LogP contribution in [-0.2, 0) is 19.1 Å². The normalized spacial score (nSPS) is 25.0. The van der Waals surface area contributed by atoms with E-state index in [1.54, 1.807) is 0 Å². The van der Waals surface area contributed by atoms with Crippen molar-refractivity contribution in [1.82, 2.24) is 9.13 Å². The number of carbonyl (C=O) groups is 2. The summed E-state index contributed by atoms with van der Waals surface area (Å²) in [5.41, 5.74) is 4.45. The van der Waals surface area contributed by atoms with Gasteiger partial charge in [-0.3, -0.25) is 9.59 Å². The van der Waals surface area contributed by atoms with E-state index in [0.29, 0.717) is 6.04 Å². The lowest BCUT2D eigenvalue weighted by Gasteiger charge is -2.30. The molecule has 0 unspecified atom stereocenters. The Bertz CT molecular complexity index is 1080. The summed E-state index contributed by atoms with van der Waals surface area (Å²) >= 11 is 0. The zero-order valence-electron chi connectivity index (χ0n) is 22.4. The van der Waals surface area contributed by atoms with Gasteiger partial charge in [0.2, 0.25) is 0 Å². The maximum absolute atomic E-state index is 12.2. The van der Waals surface area contributed by atoms with Crippen molar-refractivity contribution in [2.75, 3.05) is 14.2 Å². The fourth-order valence-corrected chi connectivity index (χ4v) is 5.55. The van der Waals surface area contributed by atoms with E-state index >= 15 is 0 Å². The standard InChI is InChI=1S/C16H23NO2.C13H17NO2/c1-11(2)16(15(18)19-5)9-8-14(10-16)17-12(3)6-7-13(17)4;1-9-4-5-10(2)14(9)12-7-6-11(8-12)13(15)16-3/h6-9,11,14H,10H2,1-5H3;4-7,11-12H,8H2,1-3H3/t14-,16+;11-,12+/m10/s1. The molecule has 0 spiro atoms. The Kier molecular flexibility index (Phi) is 8.14. The molecule has 0 saturated heterocycles. The zero-order chi connectivity index (χ0) is 25.9. The summed E-state index contributed by atoms with van der Waals surface area (Å²) in [7, 11) is 2.91. The van der Waals surface area contributed by atoms with Gasteiger partial charge in [-0.2, -0.15) is 0 Å². The van der Waals surface area contributed by atoms with Crippen LogP contribution in [0.2, 0.25) is 0 Å². The van der Waals surface area contributed by atoms with Gasteiger partial charge in [0, 0.05) is 22.8 Å². The maximum atomic E-state index is 12.2. The third kappa shape index (κ3) is 5.16. The molecule has 0 fully saturated rings. The van der Waals surface area contributed by atoms with Crippen molar-refractivity contribution >= 4 is 11.9 Å². The zero-order valence-corrected chi connectivity index (χ0v) is 22.4. The summed E-state index contributed by atoms with van der Waals surface area (Å²) in [4.78, 5) is 23.6. The molecule has 0 N–H and O–H groups in total. The van der Waals surface area contributed by atoms with E-state index in [4.69, 9.17) is 9.47 Å². The van der Waals surface area contributed by atoms with E-state index in [-0.39, 0.29) is 29.8 Å². The van der Waals surface area contributed by atoms with Gasteiger partial charge in [0.1, 0.15) is 0 Å². The largest absolute Gasteiger partial charge is 0.469 e. The molecule has 0 aliphatic heterocycles. The monoisotopic (exact) mass is 480 g/mol. The molecular formula is C29H40N2O4. The van der Waals surface area contributed by atoms with E-state index in [9.17, 15) is 9.59 Å². The van der Waals surface area contributed by atoms with E-state index in [1.807, 2.05) is 12.2 Å². The smallest absolute Gasteiger partial charge is 0.316 e. The number of aromatic nitrogens is 2. The first-order valence-electron chi connectivity index (χ1n) is 12.4. The van der Waals surface area contributed by atoms with E-state index in [0.717, 1.165) is 12.8 Å². The van der Waals surface area contributed by atoms with Gasteiger partial charge in [0.25, 0.3) is 0 Å². The van der Waals surface area contributed by atoms with Gasteiger partial charge in [-0.1, -0.05) is 38.2 Å². The summed E-state index contributed by atoms with van der Waals surface area (Å²) in [6, 6.07) is 8.99. The van der Waals surface area contributed by atoms with Gasteiger partial charge < -0.3 is 18.6 Å². The molecule has 2 heterocycles. The van der Waals surface area contributed by atoms with Crippen LogP contribution in [0.1, 0.15) is 61.5 Å². The number of nitrogens with zero attached hydrogens (tertiary/aromatic N) is 2. The number of ether oxygens (including phenoxy) is 2. The molecule has 0 amide bonds. The molecule has 0 radical (unpaired) electrons. The summed E-state index contributed by atoms with van der Waals surface area (Å²) in [5, 5.41) is 0. The number of esters is 2. The van der Waals surface area contributed by atoms with Crippen molar-refractivity contribution in [3.05, 3.63) is 71.3 Å². The Morgan fingerprint density at radius 1 is 0.829 bits per heavy atom. The second-order valence-corrected chi connectivity index (χ2v) is 10.1.